The van der Waals surface area contributed by atoms with Crippen LogP contribution in [0.3, 0.4) is 0 Å². The number of methoxy groups -OCH3 is 1. The Morgan fingerprint density at radius 3 is 3.08 bits per heavy atom. The number of esters is 1. The third-order valence-electron chi connectivity index (χ3n) is 3.93. The number of benzene rings is 1. The Bertz CT molecular complexity index is 1160. The van der Waals surface area contributed by atoms with Gasteiger partial charge in [-0.3, -0.25) is 14.0 Å². The molecule has 0 atom stereocenters. The second kappa shape index (κ2) is 6.64. The summed E-state index contributed by atoms with van der Waals surface area (Å²) >= 11 is 1.35. The van der Waals surface area contributed by atoms with Gasteiger partial charge in [0.15, 0.2) is 4.96 Å². The van der Waals surface area contributed by atoms with E-state index >= 15 is 0 Å². The van der Waals surface area contributed by atoms with Crippen molar-refractivity contribution < 1.29 is 18.7 Å². The smallest absolute Gasteiger partial charge is 0.310 e. The molecule has 0 amide bonds. The summed E-state index contributed by atoms with van der Waals surface area (Å²) in [6.07, 6.45) is 3.26. The number of fused-ring (bicyclic) bond motifs is 2. The van der Waals surface area contributed by atoms with E-state index < -0.39 is 5.97 Å². The van der Waals surface area contributed by atoms with Gasteiger partial charge in [0.1, 0.15) is 17.9 Å². The lowest BCUT2D eigenvalue weighted by atomic mass is 10.1. The lowest BCUT2D eigenvalue weighted by Crippen LogP contribution is -2.15. The first-order chi connectivity index (χ1) is 12.6. The van der Waals surface area contributed by atoms with Crippen LogP contribution in [-0.4, -0.2) is 22.5 Å². The number of ether oxygens (including phenoxy) is 2. The zero-order chi connectivity index (χ0) is 18.1. The van der Waals surface area contributed by atoms with Crippen molar-refractivity contribution in [3.8, 4) is 5.75 Å². The van der Waals surface area contributed by atoms with Crippen molar-refractivity contribution in [2.24, 2.45) is 0 Å². The van der Waals surface area contributed by atoms with Crippen LogP contribution in [0.2, 0.25) is 0 Å². The fraction of sp³-hybridized carbons (Fsp3) is 0.167. The van der Waals surface area contributed by atoms with Gasteiger partial charge >= 0.3 is 5.97 Å². The summed E-state index contributed by atoms with van der Waals surface area (Å²) in [5.41, 5.74) is 1.60. The largest absolute Gasteiger partial charge is 0.497 e. The number of nitrogens with zero attached hydrogens (tertiary/aromatic N) is 2. The van der Waals surface area contributed by atoms with Gasteiger partial charge < -0.3 is 13.9 Å². The van der Waals surface area contributed by atoms with Gasteiger partial charge in [-0.05, 0) is 12.1 Å². The van der Waals surface area contributed by atoms with Crippen molar-refractivity contribution in [3.05, 3.63) is 63.7 Å². The standard InChI is InChI=1S/C18H14N2O5S/c1-23-13-2-3-14-11(9-24-15(14)8-13)6-17(22)25-10-12-7-16(21)20-4-5-26-18(20)19-12/h2-5,7-9H,6,10H2,1H3. The van der Waals surface area contributed by atoms with Crippen LogP contribution in [0.15, 0.2) is 51.3 Å². The monoisotopic (exact) mass is 370 g/mol. The van der Waals surface area contributed by atoms with Crippen molar-refractivity contribution >= 4 is 33.2 Å². The number of furan rings is 1. The average Bonchev–Trinajstić information content (AvgIpc) is 3.27. The molecule has 26 heavy (non-hydrogen) atoms. The molecule has 0 unspecified atom stereocenters. The average molecular weight is 370 g/mol. The van der Waals surface area contributed by atoms with Gasteiger partial charge in [-0.15, -0.1) is 11.3 Å². The van der Waals surface area contributed by atoms with Gasteiger partial charge in [0, 0.05) is 34.7 Å². The number of thiazole rings is 1. The summed E-state index contributed by atoms with van der Waals surface area (Å²) in [4.78, 5) is 29.0. The topological polar surface area (TPSA) is 83.0 Å². The Labute approximate surface area is 151 Å². The zero-order valence-electron chi connectivity index (χ0n) is 13.8. The van der Waals surface area contributed by atoms with E-state index in [-0.39, 0.29) is 18.6 Å². The van der Waals surface area contributed by atoms with E-state index in [0.717, 1.165) is 10.9 Å². The highest BCUT2D eigenvalue weighted by atomic mass is 32.1. The molecule has 0 aliphatic carbocycles. The van der Waals surface area contributed by atoms with E-state index in [2.05, 4.69) is 4.98 Å². The van der Waals surface area contributed by atoms with Crippen molar-refractivity contribution in [1.29, 1.82) is 0 Å². The van der Waals surface area contributed by atoms with E-state index in [0.29, 0.717) is 22.0 Å². The SMILES string of the molecule is COc1ccc2c(CC(=O)OCc3cc(=O)n4ccsc4n3)coc2c1. The normalized spacial score (nSPS) is 11.1. The molecule has 0 fully saturated rings. The number of rotatable bonds is 5. The summed E-state index contributed by atoms with van der Waals surface area (Å²) in [7, 11) is 1.58. The summed E-state index contributed by atoms with van der Waals surface area (Å²) in [5, 5.41) is 2.61. The molecule has 1 aromatic carbocycles. The summed E-state index contributed by atoms with van der Waals surface area (Å²) in [5.74, 6) is 0.263. The number of hydrogen-bond acceptors (Lipinski definition) is 7. The highest BCUT2D eigenvalue weighted by Gasteiger charge is 2.13. The minimum Gasteiger partial charge on any atom is -0.497 e. The molecule has 0 aliphatic heterocycles. The maximum Gasteiger partial charge on any atom is 0.310 e. The van der Waals surface area contributed by atoms with Gasteiger partial charge in [-0.25, -0.2) is 4.98 Å². The third-order valence-corrected chi connectivity index (χ3v) is 4.69. The number of carbonyl (C=O) groups is 1. The van der Waals surface area contributed by atoms with E-state index in [1.165, 1.54) is 28.1 Å². The van der Waals surface area contributed by atoms with Crippen molar-refractivity contribution in [2.45, 2.75) is 13.0 Å². The van der Waals surface area contributed by atoms with Crippen molar-refractivity contribution in [1.82, 2.24) is 9.38 Å². The molecule has 3 aromatic heterocycles. The van der Waals surface area contributed by atoms with E-state index in [1.54, 1.807) is 30.8 Å². The molecule has 7 nitrogen and oxygen atoms in total. The molecular weight excluding hydrogens is 356 g/mol. The fourth-order valence-corrected chi connectivity index (χ4v) is 3.39. The first-order valence-corrected chi connectivity index (χ1v) is 8.67. The molecule has 0 N–H and O–H groups in total. The molecule has 0 radical (unpaired) electrons. The molecule has 4 aromatic rings. The quantitative estimate of drug-likeness (QED) is 0.503. The molecule has 0 saturated heterocycles. The molecule has 3 heterocycles. The first-order valence-electron chi connectivity index (χ1n) is 7.79. The Kier molecular flexibility index (Phi) is 4.18. The lowest BCUT2D eigenvalue weighted by Gasteiger charge is -2.04. The summed E-state index contributed by atoms with van der Waals surface area (Å²) < 4.78 is 17.3. The van der Waals surface area contributed by atoms with E-state index in [1.807, 2.05) is 6.07 Å². The summed E-state index contributed by atoms with van der Waals surface area (Å²) in [6, 6.07) is 6.78. The van der Waals surface area contributed by atoms with Gasteiger partial charge in [-0.1, -0.05) is 0 Å². The second-order valence-electron chi connectivity index (χ2n) is 5.60. The molecule has 0 spiro atoms. The molecule has 4 rings (SSSR count). The Balaban J connectivity index is 1.46. The Morgan fingerprint density at radius 1 is 1.35 bits per heavy atom. The second-order valence-corrected chi connectivity index (χ2v) is 6.47. The maximum absolute atomic E-state index is 12.2. The highest BCUT2D eigenvalue weighted by molar-refractivity contribution is 7.15. The highest BCUT2D eigenvalue weighted by Crippen LogP contribution is 2.26. The van der Waals surface area contributed by atoms with E-state index in [9.17, 15) is 9.59 Å². The van der Waals surface area contributed by atoms with Gasteiger partial charge in [0.2, 0.25) is 0 Å². The van der Waals surface area contributed by atoms with Crippen LogP contribution in [-0.2, 0) is 22.6 Å². The van der Waals surface area contributed by atoms with Gasteiger partial charge in [0.25, 0.3) is 5.56 Å². The van der Waals surface area contributed by atoms with Crippen LogP contribution in [0, 0.1) is 0 Å². The van der Waals surface area contributed by atoms with Crippen LogP contribution >= 0.6 is 11.3 Å². The third kappa shape index (κ3) is 3.06. The molecular formula is C18H14N2O5S. The van der Waals surface area contributed by atoms with Crippen molar-refractivity contribution in [3.63, 3.8) is 0 Å². The number of hydrogen-bond donors (Lipinski definition) is 0. The van der Waals surface area contributed by atoms with Crippen LogP contribution in [0.4, 0.5) is 0 Å². The van der Waals surface area contributed by atoms with Crippen LogP contribution in [0.5, 0.6) is 5.75 Å². The Morgan fingerprint density at radius 2 is 2.23 bits per heavy atom. The minimum absolute atomic E-state index is 0.0495. The van der Waals surface area contributed by atoms with E-state index in [4.69, 9.17) is 13.9 Å². The lowest BCUT2D eigenvalue weighted by molar-refractivity contribution is -0.144. The van der Waals surface area contributed by atoms with Crippen LogP contribution < -0.4 is 10.3 Å². The molecule has 8 heteroatoms. The van der Waals surface area contributed by atoms with Crippen molar-refractivity contribution in [2.75, 3.05) is 7.11 Å². The summed E-state index contributed by atoms with van der Waals surface area (Å²) in [6.45, 7) is -0.0495. The van der Waals surface area contributed by atoms with Crippen LogP contribution in [0.1, 0.15) is 11.3 Å². The minimum atomic E-state index is -0.420. The first kappa shape index (κ1) is 16.3. The van der Waals surface area contributed by atoms with Gasteiger partial charge in [0.05, 0.1) is 25.5 Å². The molecule has 132 valence electrons. The Hall–Kier alpha value is -3.13. The van der Waals surface area contributed by atoms with Crippen LogP contribution in [0.25, 0.3) is 15.9 Å². The molecule has 0 saturated carbocycles. The predicted molar refractivity (Wildman–Crippen MR) is 95.6 cm³/mol. The molecule has 0 bridgehead atoms. The maximum atomic E-state index is 12.2. The van der Waals surface area contributed by atoms with Gasteiger partial charge in [-0.2, -0.15) is 0 Å². The predicted octanol–water partition coefficient (Wildman–Crippen LogP) is 2.80. The molecule has 0 aliphatic rings. The number of aromatic nitrogens is 2. The fourth-order valence-electron chi connectivity index (χ4n) is 2.65. The number of carbonyl (C=O) groups excluding carboxylic acids is 1. The zero-order valence-corrected chi connectivity index (χ0v) is 14.6.